The summed E-state index contributed by atoms with van der Waals surface area (Å²) in [4.78, 5) is 13.7. The molecule has 1 aliphatic rings. The van der Waals surface area contributed by atoms with Gasteiger partial charge in [-0.15, -0.1) is 0 Å². The zero-order chi connectivity index (χ0) is 11.8. The molecule has 1 aliphatic heterocycles. The predicted octanol–water partition coefficient (Wildman–Crippen LogP) is 2.28. The maximum Gasteiger partial charge on any atom is 0.277 e. The van der Waals surface area contributed by atoms with Crippen LogP contribution in [0.3, 0.4) is 0 Å². The van der Waals surface area contributed by atoms with Gasteiger partial charge in [0, 0.05) is 6.20 Å². The molecule has 3 nitrogen and oxygen atoms in total. The number of hydrogen-bond acceptors (Lipinski definition) is 2. The minimum Gasteiger partial charge on any atom is -0.289 e. The fourth-order valence-electron chi connectivity index (χ4n) is 1.98. The highest BCUT2D eigenvalue weighted by Crippen LogP contribution is 2.19. The van der Waals surface area contributed by atoms with E-state index in [1.807, 2.05) is 42.6 Å². The summed E-state index contributed by atoms with van der Waals surface area (Å²) in [5.74, 6) is -0.0242. The third-order valence-corrected chi connectivity index (χ3v) is 3.25. The number of nitrogens with zero attached hydrogens (tertiary/aromatic N) is 2. The van der Waals surface area contributed by atoms with Crippen molar-refractivity contribution in [3.05, 3.63) is 59.9 Å². The minimum absolute atomic E-state index is 0.0242. The fraction of sp³-hybridized carbons (Fsp3) is 0.0769. The Morgan fingerprint density at radius 2 is 1.82 bits per heavy atom. The molecule has 0 atom stereocenters. The summed E-state index contributed by atoms with van der Waals surface area (Å²) in [7, 11) is 0. The number of hydrogen-bond donors (Lipinski definition) is 0. The van der Waals surface area contributed by atoms with Gasteiger partial charge in [0.15, 0.2) is 5.11 Å². The number of carbonyl (C=O) groups excluding carboxylic acids is 1. The number of fused-ring (bicyclic) bond motifs is 1. The monoisotopic (exact) mass is 242 g/mol. The van der Waals surface area contributed by atoms with Crippen LogP contribution in [0.1, 0.15) is 16.1 Å². The zero-order valence-electron chi connectivity index (χ0n) is 9.04. The van der Waals surface area contributed by atoms with Gasteiger partial charge < -0.3 is 0 Å². The third kappa shape index (κ3) is 1.57. The molecule has 84 valence electrons. The molecule has 3 rings (SSSR count). The normalized spacial score (nSPS) is 14.2. The molecule has 17 heavy (non-hydrogen) atoms. The van der Waals surface area contributed by atoms with Crippen molar-refractivity contribution in [1.29, 1.82) is 0 Å². The molecule has 0 N–H and O–H groups in total. The summed E-state index contributed by atoms with van der Waals surface area (Å²) in [6.07, 6.45) is 1.82. The van der Waals surface area contributed by atoms with Crippen LogP contribution in [0.5, 0.6) is 0 Å². The highest BCUT2D eigenvalue weighted by Gasteiger charge is 2.31. The molecule has 0 saturated carbocycles. The summed E-state index contributed by atoms with van der Waals surface area (Å²) in [5.41, 5.74) is 1.72. The molecule has 1 amide bonds. The van der Waals surface area contributed by atoms with Gasteiger partial charge >= 0.3 is 0 Å². The first-order valence-corrected chi connectivity index (χ1v) is 5.75. The molecule has 0 aliphatic carbocycles. The van der Waals surface area contributed by atoms with Crippen LogP contribution in [0.15, 0.2) is 48.7 Å². The van der Waals surface area contributed by atoms with Crippen molar-refractivity contribution >= 4 is 23.2 Å². The number of thiocarbonyl (C=S) groups is 1. The molecule has 0 fully saturated rings. The highest BCUT2D eigenvalue weighted by atomic mass is 32.1. The molecular formula is C13H10N2OS. The number of rotatable bonds is 2. The molecule has 0 unspecified atom stereocenters. The van der Waals surface area contributed by atoms with Crippen LogP contribution in [0.2, 0.25) is 0 Å². The molecule has 2 aromatic rings. The fourth-order valence-corrected chi connectivity index (χ4v) is 2.29. The van der Waals surface area contributed by atoms with E-state index in [2.05, 4.69) is 0 Å². The third-order valence-electron chi connectivity index (χ3n) is 2.83. The maximum atomic E-state index is 12.1. The van der Waals surface area contributed by atoms with Gasteiger partial charge in [-0.1, -0.05) is 30.3 Å². The van der Waals surface area contributed by atoms with Crippen LogP contribution in [0.25, 0.3) is 0 Å². The van der Waals surface area contributed by atoms with Crippen molar-refractivity contribution in [3.8, 4) is 0 Å². The lowest BCUT2D eigenvalue weighted by molar-refractivity contribution is 0.0855. The average Bonchev–Trinajstić information content (AvgIpc) is 2.91. The Labute approximate surface area is 104 Å². The lowest BCUT2D eigenvalue weighted by atomic mass is 10.2. The van der Waals surface area contributed by atoms with Crippen LogP contribution in [-0.2, 0) is 6.54 Å². The Hall–Kier alpha value is -1.94. The second-order valence-electron chi connectivity index (χ2n) is 3.92. The van der Waals surface area contributed by atoms with E-state index in [0.717, 1.165) is 5.56 Å². The van der Waals surface area contributed by atoms with Gasteiger partial charge in [0.25, 0.3) is 5.91 Å². The molecule has 1 aromatic heterocycles. The molecule has 4 heteroatoms. The molecule has 0 spiro atoms. The second-order valence-corrected chi connectivity index (χ2v) is 4.29. The van der Waals surface area contributed by atoms with Crippen LogP contribution < -0.4 is 0 Å². The Bertz CT molecular complexity index is 558. The summed E-state index contributed by atoms with van der Waals surface area (Å²) >= 11 is 5.29. The first-order chi connectivity index (χ1) is 8.27. The molecule has 0 radical (unpaired) electrons. The van der Waals surface area contributed by atoms with E-state index < -0.39 is 0 Å². The van der Waals surface area contributed by atoms with Crippen molar-refractivity contribution < 1.29 is 4.79 Å². The highest BCUT2D eigenvalue weighted by molar-refractivity contribution is 7.80. The van der Waals surface area contributed by atoms with Crippen molar-refractivity contribution in [2.75, 3.05) is 0 Å². The smallest absolute Gasteiger partial charge is 0.277 e. The van der Waals surface area contributed by atoms with Crippen LogP contribution in [0, 0.1) is 0 Å². The van der Waals surface area contributed by atoms with E-state index >= 15 is 0 Å². The Kier molecular flexibility index (Phi) is 2.30. The van der Waals surface area contributed by atoms with Gasteiger partial charge in [0.05, 0.1) is 6.54 Å². The van der Waals surface area contributed by atoms with E-state index in [-0.39, 0.29) is 5.91 Å². The van der Waals surface area contributed by atoms with Crippen LogP contribution in [0.4, 0.5) is 0 Å². The van der Waals surface area contributed by atoms with E-state index in [9.17, 15) is 4.79 Å². The van der Waals surface area contributed by atoms with Crippen LogP contribution in [-0.4, -0.2) is 20.5 Å². The van der Waals surface area contributed by atoms with Gasteiger partial charge in [-0.25, -0.2) is 0 Å². The van der Waals surface area contributed by atoms with E-state index in [1.54, 1.807) is 15.5 Å². The Morgan fingerprint density at radius 3 is 2.53 bits per heavy atom. The van der Waals surface area contributed by atoms with Gasteiger partial charge in [-0.2, -0.15) is 0 Å². The summed E-state index contributed by atoms with van der Waals surface area (Å²) in [5, 5.41) is 0.554. The van der Waals surface area contributed by atoms with Gasteiger partial charge in [0.1, 0.15) is 5.69 Å². The predicted molar refractivity (Wildman–Crippen MR) is 68.7 cm³/mol. The number of benzene rings is 1. The molecule has 0 saturated heterocycles. The average molecular weight is 242 g/mol. The molecule has 0 bridgehead atoms. The van der Waals surface area contributed by atoms with Crippen molar-refractivity contribution in [2.24, 2.45) is 0 Å². The Balaban J connectivity index is 1.90. The van der Waals surface area contributed by atoms with E-state index in [1.165, 1.54) is 0 Å². The largest absolute Gasteiger partial charge is 0.289 e. The maximum absolute atomic E-state index is 12.1. The SMILES string of the molecule is O=C1c2cccn2C(=S)N1Cc1ccccc1. The molecule has 2 heterocycles. The number of aromatic nitrogens is 1. The van der Waals surface area contributed by atoms with Gasteiger partial charge in [-0.05, 0) is 29.9 Å². The van der Waals surface area contributed by atoms with Crippen molar-refractivity contribution in [3.63, 3.8) is 0 Å². The summed E-state index contributed by atoms with van der Waals surface area (Å²) in [6.45, 7) is 0.528. The quantitative estimate of drug-likeness (QED) is 0.755. The summed E-state index contributed by atoms with van der Waals surface area (Å²) < 4.78 is 1.75. The Morgan fingerprint density at radius 1 is 1.06 bits per heavy atom. The lowest BCUT2D eigenvalue weighted by Crippen LogP contribution is -2.29. The van der Waals surface area contributed by atoms with Crippen molar-refractivity contribution in [2.45, 2.75) is 6.54 Å². The summed E-state index contributed by atoms with van der Waals surface area (Å²) in [6, 6.07) is 13.5. The van der Waals surface area contributed by atoms with E-state index in [4.69, 9.17) is 12.2 Å². The number of carbonyl (C=O) groups is 1. The first-order valence-electron chi connectivity index (χ1n) is 5.35. The molecule has 1 aromatic carbocycles. The van der Waals surface area contributed by atoms with Gasteiger partial charge in [0.2, 0.25) is 0 Å². The number of amides is 1. The molecular weight excluding hydrogens is 232 g/mol. The second kappa shape index (κ2) is 3.82. The lowest BCUT2D eigenvalue weighted by Gasteiger charge is -2.15. The standard InChI is InChI=1S/C13H10N2OS/c16-12-11-7-4-8-14(11)13(17)15(12)9-10-5-2-1-3-6-10/h1-8H,9H2. The van der Waals surface area contributed by atoms with Crippen LogP contribution >= 0.6 is 12.2 Å². The zero-order valence-corrected chi connectivity index (χ0v) is 9.85. The first kappa shape index (κ1) is 10.2. The topological polar surface area (TPSA) is 25.2 Å². The minimum atomic E-state index is -0.0242. The van der Waals surface area contributed by atoms with E-state index in [0.29, 0.717) is 17.4 Å². The van der Waals surface area contributed by atoms with Gasteiger partial charge in [-0.3, -0.25) is 14.3 Å². The van der Waals surface area contributed by atoms with Crippen molar-refractivity contribution in [1.82, 2.24) is 9.47 Å².